The Morgan fingerprint density at radius 3 is 2.31 bits per heavy atom. The van der Waals surface area contributed by atoms with Crippen LogP contribution in [0.15, 0.2) is 70.2 Å². The summed E-state index contributed by atoms with van der Waals surface area (Å²) in [4.78, 5) is 28.6. The standard InChI is InChI=1S/C25H23NO5S/c1-4-16-7-10-18(11-8-16)26-24(27)22(17-9-12-20(29-2)21(14-17)30-3)23(25(26)28)32-15-19-6-5-13-31-19/h5-14H,4,15H2,1-3H3. The molecule has 0 N–H and O–H groups in total. The van der Waals surface area contributed by atoms with Gasteiger partial charge in [-0.2, -0.15) is 0 Å². The van der Waals surface area contributed by atoms with Crippen molar-refractivity contribution in [2.45, 2.75) is 19.1 Å². The summed E-state index contributed by atoms with van der Waals surface area (Å²) in [6.07, 6.45) is 2.46. The average molecular weight is 450 g/mol. The highest BCUT2D eigenvalue weighted by Gasteiger charge is 2.40. The molecule has 32 heavy (non-hydrogen) atoms. The third-order valence-electron chi connectivity index (χ3n) is 5.26. The molecular formula is C25H23NO5S. The fraction of sp³-hybridized carbons (Fsp3) is 0.200. The summed E-state index contributed by atoms with van der Waals surface area (Å²) in [7, 11) is 3.08. The second-order valence-electron chi connectivity index (χ2n) is 7.11. The van der Waals surface area contributed by atoms with Gasteiger partial charge in [-0.15, -0.1) is 11.8 Å². The number of carbonyl (C=O) groups is 2. The minimum atomic E-state index is -0.367. The number of methoxy groups -OCH3 is 2. The molecule has 0 fully saturated rings. The van der Waals surface area contributed by atoms with Gasteiger partial charge in [0.2, 0.25) is 0 Å². The van der Waals surface area contributed by atoms with E-state index in [4.69, 9.17) is 13.9 Å². The van der Waals surface area contributed by atoms with Crippen molar-refractivity contribution in [2.75, 3.05) is 19.1 Å². The van der Waals surface area contributed by atoms with Gasteiger partial charge in [0.25, 0.3) is 11.8 Å². The van der Waals surface area contributed by atoms with Gasteiger partial charge in [0.05, 0.1) is 42.4 Å². The highest BCUT2D eigenvalue weighted by Crippen LogP contribution is 2.41. The molecule has 0 bridgehead atoms. The summed E-state index contributed by atoms with van der Waals surface area (Å²) >= 11 is 1.29. The first-order valence-corrected chi connectivity index (χ1v) is 11.2. The molecule has 1 aromatic heterocycles. The average Bonchev–Trinajstić information content (AvgIpc) is 3.43. The Labute approximate surface area is 190 Å². The molecule has 2 amide bonds. The van der Waals surface area contributed by atoms with Gasteiger partial charge in [-0.05, 0) is 53.9 Å². The van der Waals surface area contributed by atoms with Gasteiger partial charge in [0.15, 0.2) is 11.5 Å². The first-order chi connectivity index (χ1) is 15.6. The fourth-order valence-electron chi connectivity index (χ4n) is 3.54. The molecule has 1 aliphatic heterocycles. The van der Waals surface area contributed by atoms with Crippen LogP contribution in [0.5, 0.6) is 11.5 Å². The molecule has 3 aromatic rings. The summed E-state index contributed by atoms with van der Waals surface area (Å²) in [5, 5.41) is 0. The third kappa shape index (κ3) is 4.03. The van der Waals surface area contributed by atoms with Gasteiger partial charge in [0.1, 0.15) is 5.76 Å². The number of ether oxygens (including phenoxy) is 2. The molecule has 1 aliphatic rings. The monoisotopic (exact) mass is 449 g/mol. The maximum atomic E-state index is 13.5. The number of thioether (sulfide) groups is 1. The zero-order valence-electron chi connectivity index (χ0n) is 18.1. The number of anilines is 1. The van der Waals surface area contributed by atoms with E-state index in [1.54, 1.807) is 49.8 Å². The molecule has 0 saturated heterocycles. The van der Waals surface area contributed by atoms with Crippen molar-refractivity contribution in [2.24, 2.45) is 0 Å². The Bertz CT molecular complexity index is 1170. The summed E-state index contributed by atoms with van der Waals surface area (Å²) in [5.41, 5.74) is 2.61. The highest BCUT2D eigenvalue weighted by atomic mass is 32.2. The van der Waals surface area contributed by atoms with E-state index in [2.05, 4.69) is 6.92 Å². The molecule has 4 rings (SSSR count). The number of aryl methyl sites for hydroxylation is 1. The van der Waals surface area contributed by atoms with E-state index in [1.807, 2.05) is 18.2 Å². The van der Waals surface area contributed by atoms with Gasteiger partial charge in [-0.1, -0.05) is 25.1 Å². The lowest BCUT2D eigenvalue weighted by Gasteiger charge is -2.16. The number of furan rings is 1. The lowest BCUT2D eigenvalue weighted by Crippen LogP contribution is -2.31. The largest absolute Gasteiger partial charge is 0.493 e. The zero-order valence-corrected chi connectivity index (χ0v) is 18.9. The summed E-state index contributed by atoms with van der Waals surface area (Å²) in [6.45, 7) is 2.06. The lowest BCUT2D eigenvalue weighted by molar-refractivity contribution is -0.119. The number of rotatable bonds is 8. The normalized spacial score (nSPS) is 13.8. The van der Waals surface area contributed by atoms with Crippen molar-refractivity contribution >= 4 is 34.8 Å². The minimum absolute atomic E-state index is 0.340. The SMILES string of the molecule is CCc1ccc(N2C(=O)C(SCc3ccco3)=C(c3ccc(OC)c(OC)c3)C2=O)cc1. The molecule has 0 radical (unpaired) electrons. The quantitative estimate of drug-likeness (QED) is 0.447. The summed E-state index contributed by atoms with van der Waals surface area (Å²) in [5.74, 6) is 1.47. The molecular weight excluding hydrogens is 426 g/mol. The van der Waals surface area contributed by atoms with Crippen LogP contribution in [0.2, 0.25) is 0 Å². The second kappa shape index (κ2) is 9.36. The highest BCUT2D eigenvalue weighted by molar-refractivity contribution is 8.03. The van der Waals surface area contributed by atoms with Crippen LogP contribution in [0.1, 0.15) is 23.8 Å². The van der Waals surface area contributed by atoms with Crippen LogP contribution in [0, 0.1) is 0 Å². The predicted molar refractivity (Wildman–Crippen MR) is 125 cm³/mol. The van der Waals surface area contributed by atoms with Crippen molar-refractivity contribution in [3.8, 4) is 11.5 Å². The second-order valence-corrected chi connectivity index (χ2v) is 8.09. The van der Waals surface area contributed by atoms with Gasteiger partial charge in [-0.3, -0.25) is 9.59 Å². The number of hydrogen-bond donors (Lipinski definition) is 0. The van der Waals surface area contributed by atoms with Gasteiger partial charge < -0.3 is 13.9 Å². The molecule has 0 saturated carbocycles. The number of hydrogen-bond acceptors (Lipinski definition) is 6. The van der Waals surface area contributed by atoms with E-state index in [9.17, 15) is 9.59 Å². The topological polar surface area (TPSA) is 69.0 Å². The number of amides is 2. The minimum Gasteiger partial charge on any atom is -0.493 e. The van der Waals surface area contributed by atoms with Crippen LogP contribution < -0.4 is 14.4 Å². The number of imide groups is 1. The third-order valence-corrected chi connectivity index (χ3v) is 6.35. The van der Waals surface area contributed by atoms with Crippen LogP contribution in [-0.2, 0) is 21.8 Å². The van der Waals surface area contributed by atoms with Gasteiger partial charge in [0, 0.05) is 0 Å². The van der Waals surface area contributed by atoms with Crippen LogP contribution in [0.4, 0.5) is 5.69 Å². The Balaban J connectivity index is 1.76. The van der Waals surface area contributed by atoms with Crippen LogP contribution in [-0.4, -0.2) is 26.0 Å². The van der Waals surface area contributed by atoms with Crippen molar-refractivity contribution < 1.29 is 23.5 Å². The fourth-order valence-corrected chi connectivity index (χ4v) is 4.56. The Morgan fingerprint density at radius 1 is 0.938 bits per heavy atom. The van der Waals surface area contributed by atoms with Gasteiger partial charge in [-0.25, -0.2) is 4.90 Å². The Morgan fingerprint density at radius 2 is 1.69 bits per heavy atom. The van der Waals surface area contributed by atoms with E-state index in [-0.39, 0.29) is 11.8 Å². The Hall–Kier alpha value is -3.45. The first-order valence-electron chi connectivity index (χ1n) is 10.2. The maximum absolute atomic E-state index is 13.5. The van der Waals surface area contributed by atoms with E-state index in [0.29, 0.717) is 39.0 Å². The smallest absolute Gasteiger partial charge is 0.272 e. The summed E-state index contributed by atoms with van der Waals surface area (Å²) in [6, 6.07) is 16.3. The van der Waals surface area contributed by atoms with E-state index >= 15 is 0 Å². The van der Waals surface area contributed by atoms with E-state index < -0.39 is 0 Å². The number of benzene rings is 2. The lowest BCUT2D eigenvalue weighted by atomic mass is 10.1. The van der Waals surface area contributed by atoms with Crippen molar-refractivity contribution in [3.63, 3.8) is 0 Å². The molecule has 0 unspecified atom stereocenters. The molecule has 0 atom stereocenters. The van der Waals surface area contributed by atoms with Crippen molar-refractivity contribution in [1.82, 2.24) is 0 Å². The molecule has 7 heteroatoms. The van der Waals surface area contributed by atoms with Crippen molar-refractivity contribution in [1.29, 1.82) is 0 Å². The number of nitrogens with zero attached hydrogens (tertiary/aromatic N) is 1. The van der Waals surface area contributed by atoms with Crippen LogP contribution in [0.3, 0.4) is 0 Å². The Kier molecular flexibility index (Phi) is 6.37. The molecule has 0 spiro atoms. The molecule has 2 heterocycles. The first kappa shape index (κ1) is 21.8. The van der Waals surface area contributed by atoms with Crippen molar-refractivity contribution in [3.05, 3.63) is 82.7 Å². The molecule has 0 aliphatic carbocycles. The maximum Gasteiger partial charge on any atom is 0.272 e. The van der Waals surface area contributed by atoms with Crippen LogP contribution >= 0.6 is 11.8 Å². The van der Waals surface area contributed by atoms with Crippen LogP contribution in [0.25, 0.3) is 5.57 Å². The summed E-state index contributed by atoms with van der Waals surface area (Å²) < 4.78 is 16.1. The predicted octanol–water partition coefficient (Wildman–Crippen LogP) is 5.08. The molecule has 6 nitrogen and oxygen atoms in total. The molecule has 164 valence electrons. The zero-order chi connectivity index (χ0) is 22.7. The van der Waals surface area contributed by atoms with Gasteiger partial charge >= 0.3 is 0 Å². The van der Waals surface area contributed by atoms with E-state index in [1.165, 1.54) is 23.8 Å². The molecule has 2 aromatic carbocycles. The van der Waals surface area contributed by atoms with E-state index in [0.717, 1.165) is 17.7 Å². The number of carbonyl (C=O) groups excluding carboxylic acids is 2.